The Bertz CT molecular complexity index is 3110. The van der Waals surface area contributed by atoms with Crippen LogP contribution >= 0.6 is 0 Å². The maximum Gasteiger partial charge on any atom is 0.137 e. The summed E-state index contributed by atoms with van der Waals surface area (Å²) in [6.45, 7) is 4.00. The first-order valence-corrected chi connectivity index (χ1v) is 19.8. The molecule has 1 heterocycles. The molecule has 0 fully saturated rings. The molecule has 1 aromatic heterocycles. The fourth-order valence-electron chi connectivity index (χ4n) is 8.78. The molecule has 0 radical (unpaired) electrons. The van der Waals surface area contributed by atoms with Gasteiger partial charge in [-0.1, -0.05) is 153 Å². The monoisotopic (exact) mass is 719 g/mol. The highest BCUT2D eigenvalue weighted by molar-refractivity contribution is 6.15. The van der Waals surface area contributed by atoms with Gasteiger partial charge in [-0.25, -0.2) is 0 Å². The fraction of sp³-hybridized carbons (Fsp3) is 0.0741. The van der Waals surface area contributed by atoms with Crippen LogP contribution in [0.1, 0.15) is 31.6 Å². The van der Waals surface area contributed by atoms with Crippen LogP contribution in [0.5, 0.6) is 0 Å². The Morgan fingerprint density at radius 3 is 1.70 bits per heavy atom. The number of hydrogen-bond donors (Lipinski definition) is 0. The van der Waals surface area contributed by atoms with Crippen molar-refractivity contribution in [2.24, 2.45) is 0 Å². The summed E-state index contributed by atoms with van der Waals surface area (Å²) in [7, 11) is 0. The van der Waals surface area contributed by atoms with Crippen molar-refractivity contribution in [2.75, 3.05) is 4.90 Å². The number of allylic oxidation sites excluding steroid dienone is 1. The molecule has 11 rings (SSSR count). The first kappa shape index (κ1) is 33.7. The SMILES string of the molecule is C1=Cc2c(oc3cccc(N(c4ccc(-c5cc6ccccc6c6ccccc56)cc4)c4cccc(-c5cc6ccccc6c6ccccc56)c4)c23)CC1.CC. The normalized spacial score (nSPS) is 12.2. The number of rotatable bonds is 5. The van der Waals surface area contributed by atoms with Crippen molar-refractivity contribution in [1.82, 2.24) is 0 Å². The van der Waals surface area contributed by atoms with Gasteiger partial charge in [0.2, 0.25) is 0 Å². The van der Waals surface area contributed by atoms with Crippen molar-refractivity contribution in [3.8, 4) is 22.3 Å². The first-order chi connectivity index (χ1) is 27.8. The van der Waals surface area contributed by atoms with Crippen LogP contribution in [0.2, 0.25) is 0 Å². The highest BCUT2D eigenvalue weighted by Crippen LogP contribution is 2.46. The van der Waals surface area contributed by atoms with Gasteiger partial charge in [-0.2, -0.15) is 0 Å². The highest BCUT2D eigenvalue weighted by Gasteiger charge is 2.23. The zero-order valence-electron chi connectivity index (χ0n) is 31.7. The lowest BCUT2D eigenvalue weighted by molar-refractivity contribution is 0.546. The van der Waals surface area contributed by atoms with Crippen LogP contribution < -0.4 is 4.90 Å². The van der Waals surface area contributed by atoms with Gasteiger partial charge >= 0.3 is 0 Å². The van der Waals surface area contributed by atoms with Crippen LogP contribution in [0.15, 0.2) is 186 Å². The first-order valence-electron chi connectivity index (χ1n) is 19.8. The topological polar surface area (TPSA) is 16.4 Å². The number of aryl methyl sites for hydroxylation is 1. The van der Waals surface area contributed by atoms with E-state index in [1.807, 2.05) is 13.8 Å². The minimum atomic E-state index is 0.916. The van der Waals surface area contributed by atoms with E-state index in [0.717, 1.165) is 46.6 Å². The van der Waals surface area contributed by atoms with Gasteiger partial charge in [0.05, 0.1) is 11.1 Å². The molecule has 268 valence electrons. The van der Waals surface area contributed by atoms with Gasteiger partial charge in [-0.3, -0.25) is 0 Å². The Labute approximate surface area is 327 Å². The number of furan rings is 1. The van der Waals surface area contributed by atoms with E-state index >= 15 is 0 Å². The van der Waals surface area contributed by atoms with Crippen LogP contribution in [-0.4, -0.2) is 0 Å². The zero-order valence-corrected chi connectivity index (χ0v) is 31.7. The van der Waals surface area contributed by atoms with Crippen molar-refractivity contribution >= 4 is 77.2 Å². The lowest BCUT2D eigenvalue weighted by atomic mass is 9.92. The summed E-state index contributed by atoms with van der Waals surface area (Å²) in [5, 5.41) is 11.3. The Morgan fingerprint density at radius 2 is 1.04 bits per heavy atom. The second kappa shape index (κ2) is 14.1. The van der Waals surface area contributed by atoms with Crippen LogP contribution in [0.3, 0.4) is 0 Å². The standard InChI is InChI=1S/C52H35NO.C2H6/c1-3-17-40-36(13-1)32-47(44-21-7-5-19-42(40)44)34-27-29-38(30-28-34)53(49-24-12-26-51-52(49)46-23-9-10-25-50(46)54-51)39-16-11-15-35(31-39)48-33-37-14-2-4-18-41(37)43-20-6-8-22-45(43)48;1-2/h1-9,11-24,26-33H,10,25H2;1-2H3. The number of fused-ring (bicyclic) bond motifs is 9. The predicted molar refractivity (Wildman–Crippen MR) is 240 cm³/mol. The van der Waals surface area contributed by atoms with Gasteiger partial charge in [-0.15, -0.1) is 0 Å². The van der Waals surface area contributed by atoms with Crippen molar-refractivity contribution in [1.29, 1.82) is 0 Å². The van der Waals surface area contributed by atoms with Crippen LogP contribution in [-0.2, 0) is 6.42 Å². The van der Waals surface area contributed by atoms with Crippen LogP contribution in [0.4, 0.5) is 17.1 Å². The van der Waals surface area contributed by atoms with E-state index in [1.165, 1.54) is 70.9 Å². The minimum absolute atomic E-state index is 0.916. The Kier molecular flexibility index (Phi) is 8.45. The lowest BCUT2D eigenvalue weighted by Crippen LogP contribution is -2.10. The summed E-state index contributed by atoms with van der Waals surface area (Å²) >= 11 is 0. The second-order valence-electron chi connectivity index (χ2n) is 14.3. The van der Waals surface area contributed by atoms with Gasteiger partial charge in [0.25, 0.3) is 0 Å². The van der Waals surface area contributed by atoms with E-state index < -0.39 is 0 Å². The molecule has 0 saturated carbocycles. The molecule has 0 bridgehead atoms. The molecule has 1 aliphatic carbocycles. The van der Waals surface area contributed by atoms with E-state index in [0.29, 0.717) is 0 Å². The molecule has 56 heavy (non-hydrogen) atoms. The molecule has 0 saturated heterocycles. The van der Waals surface area contributed by atoms with E-state index in [4.69, 9.17) is 4.42 Å². The van der Waals surface area contributed by atoms with E-state index in [-0.39, 0.29) is 0 Å². The van der Waals surface area contributed by atoms with E-state index in [1.54, 1.807) is 0 Å². The van der Waals surface area contributed by atoms with Gasteiger partial charge in [0.15, 0.2) is 0 Å². The number of benzene rings is 9. The third kappa shape index (κ3) is 5.57. The molecule has 9 aromatic carbocycles. The third-order valence-electron chi connectivity index (χ3n) is 11.3. The fourth-order valence-corrected chi connectivity index (χ4v) is 8.78. The molecule has 0 spiro atoms. The summed E-state index contributed by atoms with van der Waals surface area (Å²) in [5.41, 5.74) is 10.2. The molecule has 0 atom stereocenters. The molecule has 1 aliphatic rings. The summed E-state index contributed by atoms with van der Waals surface area (Å²) in [6, 6.07) is 64.2. The maximum absolute atomic E-state index is 6.51. The minimum Gasteiger partial charge on any atom is -0.460 e. The Morgan fingerprint density at radius 1 is 0.464 bits per heavy atom. The van der Waals surface area contributed by atoms with E-state index in [9.17, 15) is 0 Å². The molecular weight excluding hydrogens is 679 g/mol. The molecule has 0 amide bonds. The zero-order chi connectivity index (χ0) is 37.6. The average molecular weight is 720 g/mol. The van der Waals surface area contributed by atoms with Gasteiger partial charge in [-0.05, 0) is 120 Å². The highest BCUT2D eigenvalue weighted by atomic mass is 16.3. The molecule has 2 heteroatoms. The summed E-state index contributed by atoms with van der Waals surface area (Å²) in [4.78, 5) is 2.41. The number of hydrogen-bond acceptors (Lipinski definition) is 2. The maximum atomic E-state index is 6.51. The molecule has 10 aromatic rings. The molecule has 0 unspecified atom stereocenters. The quantitative estimate of drug-likeness (QED) is 0.165. The second-order valence-corrected chi connectivity index (χ2v) is 14.3. The molecule has 0 aliphatic heterocycles. The Balaban J connectivity index is 0.00000189. The predicted octanol–water partition coefficient (Wildman–Crippen LogP) is 15.8. The molecular formula is C54H41NO. The smallest absolute Gasteiger partial charge is 0.137 e. The van der Waals surface area contributed by atoms with Crippen molar-refractivity contribution in [2.45, 2.75) is 26.7 Å². The van der Waals surface area contributed by atoms with Crippen molar-refractivity contribution < 1.29 is 4.42 Å². The summed E-state index contributed by atoms with van der Waals surface area (Å²) in [5.74, 6) is 1.06. The Hall–Kier alpha value is -6.90. The number of anilines is 3. The van der Waals surface area contributed by atoms with Crippen molar-refractivity contribution in [3.63, 3.8) is 0 Å². The largest absolute Gasteiger partial charge is 0.460 e. The third-order valence-corrected chi connectivity index (χ3v) is 11.3. The summed E-state index contributed by atoms with van der Waals surface area (Å²) in [6.07, 6.45) is 6.43. The number of nitrogens with zero attached hydrogens (tertiary/aromatic N) is 1. The van der Waals surface area contributed by atoms with Crippen molar-refractivity contribution in [3.05, 3.63) is 193 Å². The summed E-state index contributed by atoms with van der Waals surface area (Å²) < 4.78 is 6.51. The van der Waals surface area contributed by atoms with E-state index in [2.05, 4.69) is 193 Å². The average Bonchev–Trinajstić information content (AvgIpc) is 3.67. The van der Waals surface area contributed by atoms with Gasteiger partial charge in [0, 0.05) is 23.4 Å². The van der Waals surface area contributed by atoms with Gasteiger partial charge in [0.1, 0.15) is 11.3 Å². The molecule has 0 N–H and O–H groups in total. The van der Waals surface area contributed by atoms with Crippen LogP contribution in [0.25, 0.3) is 82.4 Å². The molecule has 2 nitrogen and oxygen atoms in total. The van der Waals surface area contributed by atoms with Crippen LogP contribution in [0, 0.1) is 0 Å². The van der Waals surface area contributed by atoms with Gasteiger partial charge < -0.3 is 9.32 Å². The lowest BCUT2D eigenvalue weighted by Gasteiger charge is -2.27.